The molecule has 0 aromatic rings. The first kappa shape index (κ1) is 12.8. The van der Waals surface area contributed by atoms with Crippen molar-refractivity contribution >= 4 is 5.91 Å². The van der Waals surface area contributed by atoms with Gasteiger partial charge in [0, 0.05) is 32.7 Å². The maximum atomic E-state index is 12.2. The first-order valence-corrected chi connectivity index (χ1v) is 6.81. The molecule has 0 radical (unpaired) electrons. The zero-order valence-electron chi connectivity index (χ0n) is 10.8. The van der Waals surface area contributed by atoms with E-state index < -0.39 is 0 Å². The van der Waals surface area contributed by atoms with Gasteiger partial charge in [-0.3, -0.25) is 4.79 Å². The predicted molar refractivity (Wildman–Crippen MR) is 66.8 cm³/mol. The summed E-state index contributed by atoms with van der Waals surface area (Å²) in [7, 11) is 1.96. The van der Waals surface area contributed by atoms with E-state index in [2.05, 4.69) is 5.32 Å². The summed E-state index contributed by atoms with van der Waals surface area (Å²) in [5, 5.41) is 3.30. The van der Waals surface area contributed by atoms with Crippen LogP contribution in [0.4, 0.5) is 0 Å². The Kier molecular flexibility index (Phi) is 4.80. The van der Waals surface area contributed by atoms with Crippen molar-refractivity contribution in [2.45, 2.75) is 25.7 Å². The molecule has 0 bridgehead atoms. The van der Waals surface area contributed by atoms with Crippen LogP contribution in [-0.4, -0.2) is 50.7 Å². The maximum absolute atomic E-state index is 12.2. The molecule has 0 aromatic heterocycles. The van der Waals surface area contributed by atoms with E-state index in [1.807, 2.05) is 11.9 Å². The molecule has 2 fully saturated rings. The zero-order valence-corrected chi connectivity index (χ0v) is 10.8. The fourth-order valence-corrected chi connectivity index (χ4v) is 2.79. The molecule has 4 heteroatoms. The van der Waals surface area contributed by atoms with Crippen molar-refractivity contribution in [1.82, 2.24) is 10.2 Å². The maximum Gasteiger partial charge on any atom is 0.225 e. The monoisotopic (exact) mass is 240 g/mol. The molecule has 2 saturated heterocycles. The van der Waals surface area contributed by atoms with Gasteiger partial charge in [-0.2, -0.15) is 0 Å². The zero-order chi connectivity index (χ0) is 12.1. The van der Waals surface area contributed by atoms with E-state index in [0.717, 1.165) is 58.5 Å². The Morgan fingerprint density at radius 2 is 1.88 bits per heavy atom. The Morgan fingerprint density at radius 1 is 1.24 bits per heavy atom. The van der Waals surface area contributed by atoms with E-state index in [1.54, 1.807) is 0 Å². The summed E-state index contributed by atoms with van der Waals surface area (Å²) < 4.78 is 5.35. The average Bonchev–Trinajstić information content (AvgIpc) is 2.40. The van der Waals surface area contributed by atoms with Gasteiger partial charge in [0.05, 0.1) is 0 Å². The van der Waals surface area contributed by atoms with Crippen LogP contribution in [0.3, 0.4) is 0 Å². The van der Waals surface area contributed by atoms with Gasteiger partial charge in [-0.05, 0) is 44.7 Å². The second-order valence-corrected chi connectivity index (χ2v) is 5.30. The van der Waals surface area contributed by atoms with Crippen molar-refractivity contribution in [2.75, 3.05) is 39.9 Å². The summed E-state index contributed by atoms with van der Waals surface area (Å²) in [6.45, 7) is 4.61. The third-order valence-corrected chi connectivity index (χ3v) is 3.94. The summed E-state index contributed by atoms with van der Waals surface area (Å²) >= 11 is 0. The largest absolute Gasteiger partial charge is 0.381 e. The quantitative estimate of drug-likeness (QED) is 0.796. The van der Waals surface area contributed by atoms with Crippen LogP contribution in [0.15, 0.2) is 0 Å². The van der Waals surface area contributed by atoms with Crippen LogP contribution in [0.2, 0.25) is 0 Å². The number of amides is 1. The first-order valence-electron chi connectivity index (χ1n) is 6.81. The van der Waals surface area contributed by atoms with Crippen molar-refractivity contribution in [3.05, 3.63) is 0 Å². The minimum Gasteiger partial charge on any atom is -0.381 e. The van der Waals surface area contributed by atoms with Crippen LogP contribution < -0.4 is 5.32 Å². The van der Waals surface area contributed by atoms with Gasteiger partial charge >= 0.3 is 0 Å². The minimum atomic E-state index is 0.251. The summed E-state index contributed by atoms with van der Waals surface area (Å²) in [6, 6.07) is 0. The fraction of sp³-hybridized carbons (Fsp3) is 0.923. The molecule has 0 saturated carbocycles. The Hall–Kier alpha value is -0.610. The van der Waals surface area contributed by atoms with Crippen molar-refractivity contribution < 1.29 is 9.53 Å². The molecule has 2 rings (SSSR count). The van der Waals surface area contributed by atoms with Gasteiger partial charge in [-0.1, -0.05) is 0 Å². The minimum absolute atomic E-state index is 0.251. The van der Waals surface area contributed by atoms with Crippen LogP contribution in [-0.2, 0) is 9.53 Å². The highest BCUT2D eigenvalue weighted by Crippen LogP contribution is 2.19. The van der Waals surface area contributed by atoms with Gasteiger partial charge in [0.1, 0.15) is 0 Å². The molecule has 2 aliphatic heterocycles. The van der Waals surface area contributed by atoms with Gasteiger partial charge in [0.2, 0.25) is 5.91 Å². The molecule has 2 aliphatic rings. The van der Waals surface area contributed by atoms with Gasteiger partial charge in [0.25, 0.3) is 0 Å². The lowest BCUT2D eigenvalue weighted by Crippen LogP contribution is -2.41. The van der Waals surface area contributed by atoms with Crippen LogP contribution in [0.1, 0.15) is 25.7 Å². The van der Waals surface area contributed by atoms with Crippen molar-refractivity contribution in [3.63, 3.8) is 0 Å². The first-order chi connectivity index (χ1) is 8.27. The molecular weight excluding hydrogens is 216 g/mol. The molecule has 98 valence electrons. The lowest BCUT2D eigenvalue weighted by Gasteiger charge is -2.31. The second-order valence-electron chi connectivity index (χ2n) is 5.30. The van der Waals surface area contributed by atoms with E-state index in [0.29, 0.717) is 11.8 Å². The number of piperidine rings is 1. The van der Waals surface area contributed by atoms with E-state index in [1.165, 1.54) is 0 Å². The van der Waals surface area contributed by atoms with E-state index in [-0.39, 0.29) is 5.92 Å². The molecule has 0 spiro atoms. The predicted octanol–water partition coefficient (Wildman–Crippen LogP) is 0.871. The summed E-state index contributed by atoms with van der Waals surface area (Å²) in [6.07, 6.45) is 4.20. The molecule has 1 amide bonds. The SMILES string of the molecule is CN(CC1CCOCC1)C(=O)C1CCNCC1. The summed E-state index contributed by atoms with van der Waals surface area (Å²) in [5.41, 5.74) is 0. The lowest BCUT2D eigenvalue weighted by molar-refractivity contribution is -0.136. The van der Waals surface area contributed by atoms with Crippen LogP contribution in [0.25, 0.3) is 0 Å². The number of hydrogen-bond acceptors (Lipinski definition) is 3. The molecule has 0 aliphatic carbocycles. The van der Waals surface area contributed by atoms with Crippen LogP contribution in [0, 0.1) is 11.8 Å². The molecule has 0 atom stereocenters. The van der Waals surface area contributed by atoms with Gasteiger partial charge < -0.3 is 15.0 Å². The van der Waals surface area contributed by atoms with Gasteiger partial charge in [0.15, 0.2) is 0 Å². The van der Waals surface area contributed by atoms with Crippen molar-refractivity contribution in [3.8, 4) is 0 Å². The highest BCUT2D eigenvalue weighted by molar-refractivity contribution is 5.78. The van der Waals surface area contributed by atoms with Crippen LogP contribution in [0.5, 0.6) is 0 Å². The Balaban J connectivity index is 1.77. The second kappa shape index (κ2) is 6.36. The number of carbonyl (C=O) groups is 1. The number of ether oxygens (including phenoxy) is 1. The standard InChI is InChI=1S/C13H24N2O2/c1-15(10-11-4-8-17-9-5-11)13(16)12-2-6-14-7-3-12/h11-12,14H,2-10H2,1H3. The van der Waals surface area contributed by atoms with E-state index in [4.69, 9.17) is 4.74 Å². The van der Waals surface area contributed by atoms with Crippen LogP contribution >= 0.6 is 0 Å². The number of nitrogens with one attached hydrogen (secondary N) is 1. The summed E-state index contributed by atoms with van der Waals surface area (Å²) in [5.74, 6) is 1.23. The number of carbonyl (C=O) groups excluding carboxylic acids is 1. The smallest absolute Gasteiger partial charge is 0.225 e. The van der Waals surface area contributed by atoms with Crippen molar-refractivity contribution in [2.24, 2.45) is 11.8 Å². The Labute approximate surface area is 104 Å². The Bertz CT molecular complexity index is 246. The number of hydrogen-bond donors (Lipinski definition) is 1. The molecule has 2 heterocycles. The topological polar surface area (TPSA) is 41.6 Å². The Morgan fingerprint density at radius 3 is 2.53 bits per heavy atom. The average molecular weight is 240 g/mol. The molecule has 0 aromatic carbocycles. The molecule has 4 nitrogen and oxygen atoms in total. The van der Waals surface area contributed by atoms with E-state index >= 15 is 0 Å². The molecule has 17 heavy (non-hydrogen) atoms. The third-order valence-electron chi connectivity index (χ3n) is 3.94. The lowest BCUT2D eigenvalue weighted by atomic mass is 9.95. The van der Waals surface area contributed by atoms with E-state index in [9.17, 15) is 4.79 Å². The molecule has 1 N–H and O–H groups in total. The highest BCUT2D eigenvalue weighted by Gasteiger charge is 2.25. The summed E-state index contributed by atoms with van der Waals surface area (Å²) in [4.78, 5) is 14.2. The van der Waals surface area contributed by atoms with Crippen molar-refractivity contribution in [1.29, 1.82) is 0 Å². The normalized spacial score (nSPS) is 23.6. The highest BCUT2D eigenvalue weighted by atomic mass is 16.5. The molecule has 0 unspecified atom stereocenters. The fourth-order valence-electron chi connectivity index (χ4n) is 2.79. The van der Waals surface area contributed by atoms with Gasteiger partial charge in [-0.15, -0.1) is 0 Å². The number of nitrogens with zero attached hydrogens (tertiary/aromatic N) is 1. The third kappa shape index (κ3) is 3.68. The number of rotatable bonds is 3. The molecular formula is C13H24N2O2. The van der Waals surface area contributed by atoms with Gasteiger partial charge in [-0.25, -0.2) is 0 Å².